The van der Waals surface area contributed by atoms with E-state index in [1.54, 1.807) is 31.2 Å². The number of nitrogens with zero attached hydrogens (tertiary/aromatic N) is 1. The average molecular weight is 349 g/mol. The van der Waals surface area contributed by atoms with E-state index in [-0.39, 0.29) is 23.5 Å². The van der Waals surface area contributed by atoms with Gasteiger partial charge in [-0.2, -0.15) is 0 Å². The highest BCUT2D eigenvalue weighted by Crippen LogP contribution is 2.24. The lowest BCUT2D eigenvalue weighted by atomic mass is 10.2. The van der Waals surface area contributed by atoms with Crippen LogP contribution in [0.3, 0.4) is 0 Å². The number of rotatable bonds is 5. The highest BCUT2D eigenvalue weighted by molar-refractivity contribution is 6.34. The van der Waals surface area contributed by atoms with Gasteiger partial charge in [0.1, 0.15) is 0 Å². The van der Waals surface area contributed by atoms with Gasteiger partial charge in [0.25, 0.3) is 5.91 Å². The van der Waals surface area contributed by atoms with Gasteiger partial charge in [-0.3, -0.25) is 4.79 Å². The van der Waals surface area contributed by atoms with Crippen molar-refractivity contribution in [3.8, 4) is 0 Å². The van der Waals surface area contributed by atoms with Crippen LogP contribution in [0.4, 0.5) is 10.5 Å². The number of hydrogen-bond donors (Lipinski definition) is 3. The zero-order valence-corrected chi connectivity index (χ0v) is 13.8. The minimum Gasteiger partial charge on any atom is -0.359 e. The Labute approximate surface area is 143 Å². The zero-order valence-electron chi connectivity index (χ0n) is 13.1. The number of carbonyl (C=O) groups excluding carboxylic acids is 2. The van der Waals surface area contributed by atoms with Gasteiger partial charge in [0.2, 0.25) is 0 Å². The van der Waals surface area contributed by atoms with Crippen molar-refractivity contribution in [3.05, 3.63) is 46.3 Å². The van der Waals surface area contributed by atoms with Gasteiger partial charge >= 0.3 is 6.03 Å². The van der Waals surface area contributed by atoms with E-state index < -0.39 is 6.03 Å². The van der Waals surface area contributed by atoms with E-state index in [9.17, 15) is 9.59 Å². The van der Waals surface area contributed by atoms with Crippen molar-refractivity contribution < 1.29 is 14.1 Å². The number of nitrogens with one attached hydrogen (secondary N) is 3. The summed E-state index contributed by atoms with van der Waals surface area (Å²) in [4.78, 5) is 23.9. The first-order valence-electron chi connectivity index (χ1n) is 7.59. The first kappa shape index (κ1) is 16.3. The van der Waals surface area contributed by atoms with Gasteiger partial charge in [0.05, 0.1) is 22.8 Å². The molecule has 1 heterocycles. The average Bonchev–Trinajstić information content (AvgIpc) is 3.24. The van der Waals surface area contributed by atoms with Crippen LogP contribution in [0.1, 0.15) is 34.7 Å². The standard InChI is InChI=1S/C16H17ClN4O3/c1-9-6-12(24-21-9)8-18-16(23)20-11-4-5-13(14(17)7-11)15(22)19-10-2-3-10/h4-7,10H,2-3,8H2,1H3,(H,19,22)(H2,18,20,23). The first-order chi connectivity index (χ1) is 11.5. The topological polar surface area (TPSA) is 96.3 Å². The Morgan fingerprint density at radius 2 is 2.12 bits per heavy atom. The van der Waals surface area contributed by atoms with E-state index in [1.165, 1.54) is 0 Å². The molecule has 7 nitrogen and oxygen atoms in total. The van der Waals surface area contributed by atoms with Gasteiger partial charge in [0, 0.05) is 17.8 Å². The molecule has 0 unspecified atom stereocenters. The monoisotopic (exact) mass is 348 g/mol. The highest BCUT2D eigenvalue weighted by Gasteiger charge is 2.24. The molecule has 24 heavy (non-hydrogen) atoms. The number of amides is 3. The number of carbonyl (C=O) groups is 2. The van der Waals surface area contributed by atoms with Crippen LogP contribution >= 0.6 is 11.6 Å². The maximum atomic E-state index is 12.0. The number of benzene rings is 1. The van der Waals surface area contributed by atoms with Gasteiger partial charge < -0.3 is 20.5 Å². The molecule has 8 heteroatoms. The number of halogens is 1. The quantitative estimate of drug-likeness (QED) is 0.774. The van der Waals surface area contributed by atoms with Crippen molar-refractivity contribution >= 4 is 29.2 Å². The Morgan fingerprint density at radius 3 is 2.75 bits per heavy atom. The van der Waals surface area contributed by atoms with E-state index in [4.69, 9.17) is 16.1 Å². The van der Waals surface area contributed by atoms with Crippen LogP contribution in [0, 0.1) is 6.92 Å². The minimum atomic E-state index is -0.407. The molecule has 1 aliphatic rings. The number of anilines is 1. The van der Waals surface area contributed by atoms with E-state index >= 15 is 0 Å². The summed E-state index contributed by atoms with van der Waals surface area (Å²) in [6.45, 7) is 2.03. The van der Waals surface area contributed by atoms with Crippen LogP contribution in [0.25, 0.3) is 0 Å². The molecule has 0 spiro atoms. The summed E-state index contributed by atoms with van der Waals surface area (Å²) >= 11 is 6.13. The number of aryl methyl sites for hydroxylation is 1. The van der Waals surface area contributed by atoms with Crippen molar-refractivity contribution in [3.63, 3.8) is 0 Å². The second-order valence-corrected chi connectivity index (χ2v) is 6.09. The van der Waals surface area contributed by atoms with Crippen LogP contribution < -0.4 is 16.0 Å². The van der Waals surface area contributed by atoms with Crippen molar-refractivity contribution in [2.24, 2.45) is 0 Å². The lowest BCUT2D eigenvalue weighted by Gasteiger charge is -2.09. The predicted octanol–water partition coefficient (Wildman–Crippen LogP) is 2.85. The summed E-state index contributed by atoms with van der Waals surface area (Å²) in [6, 6.07) is 6.36. The summed E-state index contributed by atoms with van der Waals surface area (Å²) < 4.78 is 5.00. The molecule has 1 fully saturated rings. The number of urea groups is 1. The molecule has 1 saturated carbocycles. The molecule has 3 N–H and O–H groups in total. The van der Waals surface area contributed by atoms with Crippen LogP contribution in [-0.4, -0.2) is 23.1 Å². The second-order valence-electron chi connectivity index (χ2n) is 5.68. The Hall–Kier alpha value is -2.54. The summed E-state index contributed by atoms with van der Waals surface area (Å²) in [5, 5.41) is 12.2. The highest BCUT2D eigenvalue weighted by atomic mass is 35.5. The third kappa shape index (κ3) is 4.26. The van der Waals surface area contributed by atoms with Gasteiger partial charge in [-0.15, -0.1) is 0 Å². The number of hydrogen-bond acceptors (Lipinski definition) is 4. The molecule has 0 saturated heterocycles. The fourth-order valence-corrected chi connectivity index (χ4v) is 2.38. The summed E-state index contributed by atoms with van der Waals surface area (Å²) in [7, 11) is 0. The van der Waals surface area contributed by atoms with Crippen LogP contribution in [0.5, 0.6) is 0 Å². The van der Waals surface area contributed by atoms with Crippen LogP contribution in [0.15, 0.2) is 28.8 Å². The summed E-state index contributed by atoms with van der Waals surface area (Å²) in [5.41, 5.74) is 1.64. The molecule has 0 bridgehead atoms. The second kappa shape index (κ2) is 6.92. The molecule has 3 rings (SSSR count). The first-order valence-corrected chi connectivity index (χ1v) is 7.96. The molecule has 1 aromatic heterocycles. The van der Waals surface area contributed by atoms with Crippen LogP contribution in [0.2, 0.25) is 5.02 Å². The molecule has 3 amide bonds. The van der Waals surface area contributed by atoms with Crippen LogP contribution in [-0.2, 0) is 6.54 Å². The van der Waals surface area contributed by atoms with Gasteiger partial charge in [-0.1, -0.05) is 16.8 Å². The smallest absolute Gasteiger partial charge is 0.319 e. The Balaban J connectivity index is 1.55. The van der Waals surface area contributed by atoms with E-state index in [1.807, 2.05) is 0 Å². The fraction of sp³-hybridized carbons (Fsp3) is 0.312. The van der Waals surface area contributed by atoms with Crippen molar-refractivity contribution in [2.75, 3.05) is 5.32 Å². The molecule has 126 valence electrons. The SMILES string of the molecule is Cc1cc(CNC(=O)Nc2ccc(C(=O)NC3CC3)c(Cl)c2)on1. The van der Waals surface area contributed by atoms with Gasteiger partial charge in [-0.25, -0.2) is 4.79 Å². The van der Waals surface area contributed by atoms with Gasteiger partial charge in [-0.05, 0) is 38.0 Å². The van der Waals surface area contributed by atoms with E-state index in [2.05, 4.69) is 21.1 Å². The summed E-state index contributed by atoms with van der Waals surface area (Å²) in [6.07, 6.45) is 2.02. The van der Waals surface area contributed by atoms with Gasteiger partial charge in [0.15, 0.2) is 5.76 Å². The maximum absolute atomic E-state index is 12.0. The maximum Gasteiger partial charge on any atom is 0.319 e. The Bertz CT molecular complexity index is 770. The minimum absolute atomic E-state index is 0.195. The van der Waals surface area contributed by atoms with E-state index in [0.29, 0.717) is 17.0 Å². The molecule has 0 radical (unpaired) electrons. The normalized spacial score (nSPS) is 13.4. The predicted molar refractivity (Wildman–Crippen MR) is 89.0 cm³/mol. The summed E-state index contributed by atoms with van der Waals surface area (Å²) in [5.74, 6) is 0.368. The largest absolute Gasteiger partial charge is 0.359 e. The number of aromatic nitrogens is 1. The van der Waals surface area contributed by atoms with Crippen molar-refractivity contribution in [1.82, 2.24) is 15.8 Å². The lowest BCUT2D eigenvalue weighted by molar-refractivity contribution is 0.0951. The molecule has 0 aliphatic heterocycles. The van der Waals surface area contributed by atoms with Crippen molar-refractivity contribution in [2.45, 2.75) is 32.4 Å². The molecule has 1 aromatic carbocycles. The Kier molecular flexibility index (Phi) is 4.71. The third-order valence-electron chi connectivity index (χ3n) is 3.48. The fourth-order valence-electron chi connectivity index (χ4n) is 2.11. The molecule has 2 aromatic rings. The molecular formula is C16H17ClN4O3. The molecule has 1 aliphatic carbocycles. The molecular weight excluding hydrogens is 332 g/mol. The third-order valence-corrected chi connectivity index (χ3v) is 3.80. The van der Waals surface area contributed by atoms with Crippen molar-refractivity contribution in [1.29, 1.82) is 0 Å². The van der Waals surface area contributed by atoms with E-state index in [0.717, 1.165) is 18.5 Å². The zero-order chi connectivity index (χ0) is 17.1. The lowest BCUT2D eigenvalue weighted by Crippen LogP contribution is -2.28. The molecule has 0 atom stereocenters. The Morgan fingerprint density at radius 1 is 1.33 bits per heavy atom.